The van der Waals surface area contributed by atoms with Gasteiger partial charge in [-0.3, -0.25) is 9.88 Å². The Morgan fingerprint density at radius 1 is 1.23 bits per heavy atom. The summed E-state index contributed by atoms with van der Waals surface area (Å²) in [5.74, 6) is 0. The second-order valence-electron chi connectivity index (χ2n) is 6.88. The summed E-state index contributed by atoms with van der Waals surface area (Å²) in [7, 11) is 2.05. The number of rotatable bonds is 5. The zero-order chi connectivity index (χ0) is 17.9. The van der Waals surface area contributed by atoms with Gasteiger partial charge in [0.1, 0.15) is 0 Å². The molecule has 0 unspecified atom stereocenters. The van der Waals surface area contributed by atoms with Crippen molar-refractivity contribution in [1.29, 1.82) is 0 Å². The number of ether oxygens (including phenoxy) is 1. The quantitative estimate of drug-likeness (QED) is 0.808. The Labute approximate surface area is 159 Å². The summed E-state index contributed by atoms with van der Waals surface area (Å²) < 4.78 is 7.55. The van der Waals surface area contributed by atoms with Gasteiger partial charge in [0, 0.05) is 51.8 Å². The van der Waals surface area contributed by atoms with Crippen LogP contribution in [0.25, 0.3) is 0 Å². The van der Waals surface area contributed by atoms with Gasteiger partial charge in [-0.05, 0) is 36.0 Å². The Hall–Kier alpha value is -1.96. The molecule has 0 radical (unpaired) electrons. The van der Waals surface area contributed by atoms with Crippen molar-refractivity contribution in [3.63, 3.8) is 0 Å². The molecular weight excluding hydrogens is 346 g/mol. The molecule has 26 heavy (non-hydrogen) atoms. The highest BCUT2D eigenvalue weighted by Gasteiger charge is 2.39. The fraction of sp³-hybridized carbons (Fsp3) is 0.474. The van der Waals surface area contributed by atoms with Gasteiger partial charge in [-0.2, -0.15) is 0 Å². The number of aryl methyl sites for hydroxylation is 1. The molecule has 138 valence electrons. The molecule has 7 heteroatoms. The average Bonchev–Trinajstić information content (AvgIpc) is 3.24. The molecule has 2 aliphatic heterocycles. The fourth-order valence-electron chi connectivity index (χ4n) is 3.78. The molecule has 2 aliphatic rings. The first-order chi connectivity index (χ1) is 12.7. The van der Waals surface area contributed by atoms with Crippen LogP contribution in [0.1, 0.15) is 23.3 Å². The summed E-state index contributed by atoms with van der Waals surface area (Å²) in [4.78, 5) is 9.35. The minimum atomic E-state index is 0.0655. The summed E-state index contributed by atoms with van der Waals surface area (Å²) in [6.07, 6.45) is 6.11. The number of thiocarbonyl (C=S) groups is 1. The molecule has 0 amide bonds. The third-order valence-electron chi connectivity index (χ3n) is 5.15. The van der Waals surface area contributed by atoms with E-state index < -0.39 is 0 Å². The predicted molar refractivity (Wildman–Crippen MR) is 105 cm³/mol. The number of pyridine rings is 1. The topological polar surface area (TPSA) is 45.6 Å². The lowest BCUT2D eigenvalue weighted by molar-refractivity contribution is 0.0350. The van der Waals surface area contributed by atoms with Crippen LogP contribution in [0.5, 0.6) is 0 Å². The van der Waals surface area contributed by atoms with Crippen LogP contribution in [0.4, 0.5) is 0 Å². The summed E-state index contributed by atoms with van der Waals surface area (Å²) >= 11 is 5.71. The average molecular weight is 372 g/mol. The van der Waals surface area contributed by atoms with Gasteiger partial charge in [0.15, 0.2) is 5.11 Å². The zero-order valence-electron chi connectivity index (χ0n) is 15.0. The Balaban J connectivity index is 1.57. The second-order valence-corrected chi connectivity index (χ2v) is 7.27. The van der Waals surface area contributed by atoms with Crippen molar-refractivity contribution < 1.29 is 4.74 Å². The van der Waals surface area contributed by atoms with Gasteiger partial charge in [-0.25, -0.2) is 0 Å². The molecular formula is C19H25N5OS. The van der Waals surface area contributed by atoms with Crippen LogP contribution >= 0.6 is 12.2 Å². The maximum Gasteiger partial charge on any atom is 0.170 e. The summed E-state index contributed by atoms with van der Waals surface area (Å²) in [5.41, 5.74) is 2.29. The van der Waals surface area contributed by atoms with E-state index in [9.17, 15) is 0 Å². The summed E-state index contributed by atoms with van der Waals surface area (Å²) in [5, 5.41) is 4.32. The monoisotopic (exact) mass is 371 g/mol. The smallest absolute Gasteiger partial charge is 0.170 e. The first-order valence-corrected chi connectivity index (χ1v) is 9.53. The molecule has 6 nitrogen and oxygen atoms in total. The molecule has 1 N–H and O–H groups in total. The van der Waals surface area contributed by atoms with Gasteiger partial charge in [0.2, 0.25) is 0 Å². The Morgan fingerprint density at radius 2 is 2.08 bits per heavy atom. The normalized spacial score (nSPS) is 24.0. The van der Waals surface area contributed by atoms with E-state index >= 15 is 0 Å². The van der Waals surface area contributed by atoms with Crippen LogP contribution in [0.3, 0.4) is 0 Å². The molecule has 0 spiro atoms. The van der Waals surface area contributed by atoms with Crippen LogP contribution in [0, 0.1) is 0 Å². The highest BCUT2D eigenvalue weighted by atomic mass is 32.1. The number of aromatic nitrogens is 2. The maximum atomic E-state index is 5.71. The molecule has 2 fully saturated rings. The van der Waals surface area contributed by atoms with Crippen molar-refractivity contribution in [2.24, 2.45) is 7.05 Å². The Bertz CT molecular complexity index is 743. The van der Waals surface area contributed by atoms with Crippen molar-refractivity contribution >= 4 is 17.3 Å². The van der Waals surface area contributed by atoms with Crippen molar-refractivity contribution in [3.8, 4) is 0 Å². The van der Waals surface area contributed by atoms with Gasteiger partial charge in [-0.15, -0.1) is 0 Å². The molecule has 2 atom stereocenters. The second kappa shape index (κ2) is 7.73. The number of morpholine rings is 1. The number of hydrogen-bond donors (Lipinski definition) is 1. The SMILES string of the molecule is Cn1ccc([C@@H]2[C@H](c3ccccn3)NC(=S)N2CCN2CCOCC2)c1. The highest BCUT2D eigenvalue weighted by Crippen LogP contribution is 2.38. The van der Waals surface area contributed by atoms with E-state index in [0.717, 1.165) is 50.2 Å². The van der Waals surface area contributed by atoms with Gasteiger partial charge >= 0.3 is 0 Å². The van der Waals surface area contributed by atoms with E-state index in [0.29, 0.717) is 0 Å². The zero-order valence-corrected chi connectivity index (χ0v) is 15.9. The van der Waals surface area contributed by atoms with E-state index in [1.54, 1.807) is 0 Å². The molecule has 4 rings (SSSR count). The fourth-order valence-corrected chi connectivity index (χ4v) is 4.12. The molecule has 0 aromatic carbocycles. The van der Waals surface area contributed by atoms with E-state index in [1.165, 1.54) is 5.56 Å². The van der Waals surface area contributed by atoms with Crippen LogP contribution in [-0.2, 0) is 11.8 Å². The Kier molecular flexibility index (Phi) is 5.19. The van der Waals surface area contributed by atoms with Gasteiger partial charge in [0.05, 0.1) is 31.0 Å². The number of nitrogens with zero attached hydrogens (tertiary/aromatic N) is 4. The molecule has 0 saturated carbocycles. The van der Waals surface area contributed by atoms with Crippen LogP contribution in [-0.4, -0.2) is 63.9 Å². The van der Waals surface area contributed by atoms with Gasteiger partial charge in [0.25, 0.3) is 0 Å². The lowest BCUT2D eigenvalue weighted by Crippen LogP contribution is -2.42. The Morgan fingerprint density at radius 3 is 2.77 bits per heavy atom. The van der Waals surface area contributed by atoms with Crippen LogP contribution in [0.15, 0.2) is 42.9 Å². The lowest BCUT2D eigenvalue weighted by atomic mass is 9.99. The first-order valence-electron chi connectivity index (χ1n) is 9.12. The largest absolute Gasteiger partial charge is 0.379 e. The molecule has 0 bridgehead atoms. The lowest BCUT2D eigenvalue weighted by Gasteiger charge is -2.31. The van der Waals surface area contributed by atoms with Crippen molar-refractivity contribution in [3.05, 3.63) is 54.1 Å². The molecule has 2 aromatic rings. The minimum absolute atomic E-state index is 0.0655. The summed E-state index contributed by atoms with van der Waals surface area (Å²) in [6, 6.07) is 8.45. The van der Waals surface area contributed by atoms with Gasteiger partial charge < -0.3 is 19.5 Å². The van der Waals surface area contributed by atoms with E-state index in [2.05, 4.69) is 56.2 Å². The number of nitrogens with one attached hydrogen (secondary N) is 1. The molecule has 2 saturated heterocycles. The van der Waals surface area contributed by atoms with Crippen molar-refractivity contribution in [1.82, 2.24) is 24.7 Å². The summed E-state index contributed by atoms with van der Waals surface area (Å²) in [6.45, 7) is 5.52. The first kappa shape index (κ1) is 17.5. The van der Waals surface area contributed by atoms with Crippen molar-refractivity contribution in [2.75, 3.05) is 39.4 Å². The van der Waals surface area contributed by atoms with E-state index in [4.69, 9.17) is 17.0 Å². The van der Waals surface area contributed by atoms with E-state index in [1.807, 2.05) is 18.3 Å². The molecule has 0 aliphatic carbocycles. The number of hydrogen-bond acceptors (Lipinski definition) is 4. The van der Waals surface area contributed by atoms with Gasteiger partial charge in [-0.1, -0.05) is 6.07 Å². The van der Waals surface area contributed by atoms with E-state index in [-0.39, 0.29) is 12.1 Å². The van der Waals surface area contributed by atoms with Crippen LogP contribution < -0.4 is 5.32 Å². The minimum Gasteiger partial charge on any atom is -0.379 e. The van der Waals surface area contributed by atoms with Crippen LogP contribution in [0.2, 0.25) is 0 Å². The molecule has 2 aromatic heterocycles. The van der Waals surface area contributed by atoms with Crippen molar-refractivity contribution in [2.45, 2.75) is 12.1 Å². The maximum absolute atomic E-state index is 5.71. The third-order valence-corrected chi connectivity index (χ3v) is 5.51. The predicted octanol–water partition coefficient (Wildman–Crippen LogP) is 1.72. The third kappa shape index (κ3) is 3.60. The highest BCUT2D eigenvalue weighted by molar-refractivity contribution is 7.80. The standard InChI is InChI=1S/C19H25N5OS/c1-22-7-5-15(14-22)18-17(16-4-2-3-6-20-16)21-19(26)24(18)9-8-23-10-12-25-13-11-23/h2-7,14,17-18H,8-13H2,1H3,(H,21,26)/t17-,18+/m0/s1. The molecule has 4 heterocycles.